The molecule has 1 N–H and O–H groups in total. The zero-order chi connectivity index (χ0) is 10.9. The fraction of sp³-hybridized carbons (Fsp3) is 0.400. The van der Waals surface area contributed by atoms with E-state index in [2.05, 4.69) is 26.2 Å². The largest absolute Gasteiger partial charge is 0.376 e. The van der Waals surface area contributed by atoms with E-state index in [4.69, 9.17) is 4.74 Å². The number of pyridine rings is 1. The van der Waals surface area contributed by atoms with E-state index in [9.17, 15) is 4.79 Å². The maximum absolute atomic E-state index is 11.1. The van der Waals surface area contributed by atoms with E-state index in [1.54, 1.807) is 6.20 Å². The summed E-state index contributed by atoms with van der Waals surface area (Å²) in [4.78, 5) is 15.4. The van der Waals surface area contributed by atoms with Crippen molar-refractivity contribution in [2.24, 2.45) is 0 Å². The van der Waals surface area contributed by atoms with Crippen LogP contribution in [0.3, 0.4) is 0 Å². The van der Waals surface area contributed by atoms with Gasteiger partial charge in [-0.25, -0.2) is 0 Å². The molecule has 80 valence electrons. The van der Waals surface area contributed by atoms with Crippen LogP contribution in [0.1, 0.15) is 12.6 Å². The summed E-state index contributed by atoms with van der Waals surface area (Å²) in [6, 6.07) is 3.75. The highest BCUT2D eigenvalue weighted by Gasteiger charge is 2.42. The van der Waals surface area contributed by atoms with Gasteiger partial charge in [-0.15, -0.1) is 0 Å². The Balaban J connectivity index is 2.29. The van der Waals surface area contributed by atoms with Gasteiger partial charge < -0.3 is 10.1 Å². The van der Waals surface area contributed by atoms with Crippen molar-refractivity contribution in [3.8, 4) is 0 Å². The van der Waals surface area contributed by atoms with Gasteiger partial charge in [-0.2, -0.15) is 0 Å². The molecule has 0 spiro atoms. The third kappa shape index (κ3) is 2.03. The molecule has 1 aliphatic heterocycles. The number of halogens is 1. The first-order chi connectivity index (χ1) is 7.12. The second-order valence-corrected chi connectivity index (χ2v) is 4.53. The van der Waals surface area contributed by atoms with Crippen molar-refractivity contribution in [1.82, 2.24) is 10.3 Å². The van der Waals surface area contributed by atoms with Gasteiger partial charge >= 0.3 is 0 Å². The molecule has 4 nitrogen and oxygen atoms in total. The standard InChI is InChI=1S/C10H11BrN2O2/c1-7(14)13-10(5-15-6-10)9-4-8(11)2-3-12-9/h2-4H,5-6H2,1H3,(H,13,14). The Bertz CT molecular complexity index is 391. The van der Waals surface area contributed by atoms with Gasteiger partial charge in [0, 0.05) is 17.6 Å². The lowest BCUT2D eigenvalue weighted by molar-refractivity contribution is -0.132. The van der Waals surface area contributed by atoms with Crippen LogP contribution < -0.4 is 5.32 Å². The van der Waals surface area contributed by atoms with Crippen LogP contribution in [0.2, 0.25) is 0 Å². The van der Waals surface area contributed by atoms with Gasteiger partial charge in [0.25, 0.3) is 0 Å². The first kappa shape index (κ1) is 10.6. The first-order valence-electron chi connectivity index (χ1n) is 4.61. The molecule has 5 heteroatoms. The van der Waals surface area contributed by atoms with Crippen LogP contribution in [0.4, 0.5) is 0 Å². The highest BCUT2D eigenvalue weighted by Crippen LogP contribution is 2.29. The number of carbonyl (C=O) groups excluding carboxylic acids is 1. The normalized spacial score (nSPS) is 18.0. The van der Waals surface area contributed by atoms with Crippen molar-refractivity contribution >= 4 is 21.8 Å². The van der Waals surface area contributed by atoms with Crippen LogP contribution in [0.5, 0.6) is 0 Å². The van der Waals surface area contributed by atoms with Crippen molar-refractivity contribution in [2.75, 3.05) is 13.2 Å². The summed E-state index contributed by atoms with van der Waals surface area (Å²) in [6.07, 6.45) is 1.71. The number of nitrogens with one attached hydrogen (secondary N) is 1. The van der Waals surface area contributed by atoms with Crippen molar-refractivity contribution in [3.63, 3.8) is 0 Å². The summed E-state index contributed by atoms with van der Waals surface area (Å²) < 4.78 is 6.11. The number of hydrogen-bond acceptors (Lipinski definition) is 3. The van der Waals surface area contributed by atoms with Crippen LogP contribution in [0.25, 0.3) is 0 Å². The highest BCUT2D eigenvalue weighted by atomic mass is 79.9. The maximum Gasteiger partial charge on any atom is 0.217 e. The predicted octanol–water partition coefficient (Wildman–Crippen LogP) is 1.21. The average Bonchev–Trinajstić information content (AvgIpc) is 2.11. The SMILES string of the molecule is CC(=O)NC1(c2cc(Br)ccn2)COC1. The van der Waals surface area contributed by atoms with Crippen LogP contribution >= 0.6 is 15.9 Å². The van der Waals surface area contributed by atoms with Crippen LogP contribution in [0.15, 0.2) is 22.8 Å². The Hall–Kier alpha value is -0.940. The molecule has 15 heavy (non-hydrogen) atoms. The molecule has 1 saturated heterocycles. The molecular weight excluding hydrogens is 260 g/mol. The number of hydrogen-bond donors (Lipinski definition) is 1. The Morgan fingerprint density at radius 3 is 2.87 bits per heavy atom. The summed E-state index contributed by atoms with van der Waals surface area (Å²) in [5, 5.41) is 2.89. The van der Waals surface area contributed by atoms with Crippen LogP contribution in [-0.2, 0) is 15.1 Å². The van der Waals surface area contributed by atoms with E-state index in [1.165, 1.54) is 6.92 Å². The summed E-state index contributed by atoms with van der Waals surface area (Å²) in [6.45, 7) is 2.46. The Morgan fingerprint density at radius 1 is 1.67 bits per heavy atom. The van der Waals surface area contributed by atoms with Crippen molar-refractivity contribution < 1.29 is 9.53 Å². The molecule has 1 aromatic heterocycles. The van der Waals surface area contributed by atoms with Crippen molar-refractivity contribution in [3.05, 3.63) is 28.5 Å². The highest BCUT2D eigenvalue weighted by molar-refractivity contribution is 9.10. The minimum absolute atomic E-state index is 0.0694. The molecule has 0 radical (unpaired) electrons. The number of carbonyl (C=O) groups is 1. The third-order valence-corrected chi connectivity index (χ3v) is 2.82. The minimum atomic E-state index is -0.435. The summed E-state index contributed by atoms with van der Waals surface area (Å²) in [5.41, 5.74) is 0.397. The molecule has 0 atom stereocenters. The molecule has 1 aromatic rings. The molecule has 0 aliphatic carbocycles. The zero-order valence-corrected chi connectivity index (χ0v) is 9.87. The van der Waals surface area contributed by atoms with Crippen LogP contribution in [0, 0.1) is 0 Å². The lowest BCUT2D eigenvalue weighted by Crippen LogP contribution is -2.59. The van der Waals surface area contributed by atoms with Crippen molar-refractivity contribution in [1.29, 1.82) is 0 Å². The fourth-order valence-electron chi connectivity index (χ4n) is 1.59. The summed E-state index contributed by atoms with van der Waals surface area (Å²) in [5.74, 6) is -0.0694. The molecule has 0 unspecified atom stereocenters. The Kier molecular flexibility index (Phi) is 2.75. The molecule has 0 aromatic carbocycles. The molecule has 0 bridgehead atoms. The van der Waals surface area contributed by atoms with E-state index in [1.807, 2.05) is 12.1 Å². The Morgan fingerprint density at radius 2 is 2.40 bits per heavy atom. The van der Waals surface area contributed by atoms with Gasteiger partial charge in [0.1, 0.15) is 5.54 Å². The number of ether oxygens (including phenoxy) is 1. The average molecular weight is 271 g/mol. The van der Waals surface area contributed by atoms with Gasteiger partial charge in [-0.3, -0.25) is 9.78 Å². The Labute approximate surface area is 96.2 Å². The molecule has 1 aliphatic rings. The molecular formula is C10H11BrN2O2. The number of aromatic nitrogens is 1. The third-order valence-electron chi connectivity index (χ3n) is 2.32. The molecule has 2 rings (SSSR count). The van der Waals surface area contributed by atoms with E-state index < -0.39 is 5.54 Å². The fourth-order valence-corrected chi connectivity index (χ4v) is 1.93. The van der Waals surface area contributed by atoms with E-state index in [0.29, 0.717) is 13.2 Å². The van der Waals surface area contributed by atoms with Gasteiger partial charge in [0.15, 0.2) is 0 Å². The van der Waals surface area contributed by atoms with Crippen LogP contribution in [-0.4, -0.2) is 24.1 Å². The predicted molar refractivity (Wildman–Crippen MR) is 58.3 cm³/mol. The molecule has 1 amide bonds. The molecule has 0 saturated carbocycles. The second kappa shape index (κ2) is 3.90. The minimum Gasteiger partial charge on any atom is -0.376 e. The van der Waals surface area contributed by atoms with Gasteiger partial charge in [0.05, 0.1) is 18.9 Å². The quantitative estimate of drug-likeness (QED) is 0.879. The molecule has 1 fully saturated rings. The van der Waals surface area contributed by atoms with E-state index >= 15 is 0 Å². The maximum atomic E-state index is 11.1. The molecule has 2 heterocycles. The zero-order valence-electron chi connectivity index (χ0n) is 8.29. The smallest absolute Gasteiger partial charge is 0.217 e. The topological polar surface area (TPSA) is 51.2 Å². The second-order valence-electron chi connectivity index (χ2n) is 3.62. The lowest BCUT2D eigenvalue weighted by atomic mass is 9.92. The first-order valence-corrected chi connectivity index (χ1v) is 5.40. The number of amides is 1. The monoisotopic (exact) mass is 270 g/mol. The van der Waals surface area contributed by atoms with Crippen molar-refractivity contribution in [2.45, 2.75) is 12.5 Å². The van der Waals surface area contributed by atoms with Gasteiger partial charge in [0.2, 0.25) is 5.91 Å². The van der Waals surface area contributed by atoms with Gasteiger partial charge in [-0.1, -0.05) is 15.9 Å². The summed E-state index contributed by atoms with van der Waals surface area (Å²) >= 11 is 3.38. The van der Waals surface area contributed by atoms with E-state index in [0.717, 1.165) is 10.2 Å². The summed E-state index contributed by atoms with van der Waals surface area (Å²) in [7, 11) is 0. The number of rotatable bonds is 2. The van der Waals surface area contributed by atoms with E-state index in [-0.39, 0.29) is 5.91 Å². The lowest BCUT2D eigenvalue weighted by Gasteiger charge is -2.41. The van der Waals surface area contributed by atoms with Gasteiger partial charge in [-0.05, 0) is 12.1 Å². The number of nitrogens with zero attached hydrogens (tertiary/aromatic N) is 1.